The summed E-state index contributed by atoms with van der Waals surface area (Å²) in [4.78, 5) is 11.4. The monoisotopic (exact) mass is 236 g/mol. The number of carbonyl (C=O) groups excluding carboxylic acids is 1. The first kappa shape index (κ1) is 13.5. The molecular weight excluding hydrogens is 216 g/mol. The van der Waals surface area contributed by atoms with Gasteiger partial charge in [0.25, 0.3) is 0 Å². The summed E-state index contributed by atoms with van der Waals surface area (Å²) in [5.74, 6) is 0.627. The minimum Gasteiger partial charge on any atom is -0.492 e. The normalized spacial score (nSPS) is 11.1. The van der Waals surface area contributed by atoms with E-state index in [1.807, 2.05) is 31.2 Å². The molecule has 1 rings (SSSR count). The third-order valence-electron chi connectivity index (χ3n) is 2.26. The summed E-state index contributed by atoms with van der Waals surface area (Å²) in [6, 6.07) is 7.78. The van der Waals surface area contributed by atoms with E-state index in [2.05, 4.69) is 5.32 Å². The van der Waals surface area contributed by atoms with Crippen LogP contribution in [0.15, 0.2) is 24.3 Å². The van der Waals surface area contributed by atoms with Crippen LogP contribution < -0.4 is 15.8 Å². The van der Waals surface area contributed by atoms with Crippen LogP contribution in [0.5, 0.6) is 5.75 Å². The van der Waals surface area contributed by atoms with Crippen LogP contribution in [0.4, 0.5) is 0 Å². The van der Waals surface area contributed by atoms with Gasteiger partial charge in [-0.3, -0.25) is 4.79 Å². The molecule has 4 heteroatoms. The van der Waals surface area contributed by atoms with Crippen LogP contribution in [-0.2, 0) is 4.79 Å². The molecule has 0 heterocycles. The number of amides is 1. The van der Waals surface area contributed by atoms with Gasteiger partial charge < -0.3 is 15.8 Å². The first-order chi connectivity index (χ1) is 7.89. The second-order valence-electron chi connectivity index (χ2n) is 4.64. The van der Waals surface area contributed by atoms with Crippen LogP contribution in [0.3, 0.4) is 0 Å². The minimum absolute atomic E-state index is 0.176. The summed E-state index contributed by atoms with van der Waals surface area (Å²) in [5.41, 5.74) is 5.98. The van der Waals surface area contributed by atoms with Crippen LogP contribution in [0.1, 0.15) is 19.4 Å². The summed E-state index contributed by atoms with van der Waals surface area (Å²) in [6.07, 6.45) is 0. The molecule has 1 aromatic carbocycles. The predicted molar refractivity (Wildman–Crippen MR) is 68.0 cm³/mol. The number of nitrogens with two attached hydrogens (primary N) is 1. The Morgan fingerprint density at radius 3 is 2.47 bits per heavy atom. The van der Waals surface area contributed by atoms with Crippen molar-refractivity contribution in [3.8, 4) is 5.75 Å². The number of rotatable bonds is 5. The van der Waals surface area contributed by atoms with Crippen molar-refractivity contribution in [1.29, 1.82) is 0 Å². The number of hydrogen-bond donors (Lipinski definition) is 2. The Balaban J connectivity index is 2.25. The van der Waals surface area contributed by atoms with E-state index in [9.17, 15) is 4.79 Å². The van der Waals surface area contributed by atoms with Gasteiger partial charge in [-0.25, -0.2) is 0 Å². The van der Waals surface area contributed by atoms with E-state index in [4.69, 9.17) is 10.5 Å². The van der Waals surface area contributed by atoms with Gasteiger partial charge in [-0.2, -0.15) is 0 Å². The average Bonchev–Trinajstić information content (AvgIpc) is 2.25. The Morgan fingerprint density at radius 2 is 1.94 bits per heavy atom. The number of carbonyl (C=O) groups is 1. The number of hydrogen-bond acceptors (Lipinski definition) is 3. The van der Waals surface area contributed by atoms with Crippen molar-refractivity contribution < 1.29 is 9.53 Å². The zero-order valence-corrected chi connectivity index (χ0v) is 10.6. The maximum absolute atomic E-state index is 11.4. The van der Waals surface area contributed by atoms with Crippen molar-refractivity contribution in [2.75, 3.05) is 13.2 Å². The smallest absolute Gasteiger partial charge is 0.239 e. The maximum Gasteiger partial charge on any atom is 0.239 e. The molecule has 0 saturated carbocycles. The van der Waals surface area contributed by atoms with Gasteiger partial charge in [0.15, 0.2) is 0 Å². The molecule has 0 aliphatic carbocycles. The van der Waals surface area contributed by atoms with E-state index in [1.54, 1.807) is 13.8 Å². The van der Waals surface area contributed by atoms with E-state index in [0.29, 0.717) is 13.2 Å². The number of aryl methyl sites for hydroxylation is 1. The molecule has 0 bridgehead atoms. The molecule has 4 nitrogen and oxygen atoms in total. The molecule has 1 aromatic rings. The lowest BCUT2D eigenvalue weighted by Gasteiger charge is -2.17. The highest BCUT2D eigenvalue weighted by Gasteiger charge is 2.20. The molecular formula is C13H20N2O2. The van der Waals surface area contributed by atoms with Crippen LogP contribution in [0.25, 0.3) is 0 Å². The minimum atomic E-state index is -0.843. The summed E-state index contributed by atoms with van der Waals surface area (Å²) in [6.45, 7) is 6.25. The topological polar surface area (TPSA) is 64.3 Å². The van der Waals surface area contributed by atoms with Crippen LogP contribution >= 0.6 is 0 Å². The second-order valence-corrected chi connectivity index (χ2v) is 4.64. The lowest BCUT2D eigenvalue weighted by Crippen LogP contribution is -2.49. The summed E-state index contributed by atoms with van der Waals surface area (Å²) < 4.78 is 5.47. The Kier molecular flexibility index (Phi) is 4.52. The van der Waals surface area contributed by atoms with Gasteiger partial charge in [0.2, 0.25) is 5.91 Å². The van der Waals surface area contributed by atoms with Crippen molar-refractivity contribution in [2.24, 2.45) is 5.73 Å². The van der Waals surface area contributed by atoms with Gasteiger partial charge in [-0.05, 0) is 32.9 Å². The van der Waals surface area contributed by atoms with Gasteiger partial charge in [0.1, 0.15) is 12.4 Å². The summed E-state index contributed by atoms with van der Waals surface area (Å²) >= 11 is 0. The fraction of sp³-hybridized carbons (Fsp3) is 0.462. The lowest BCUT2D eigenvalue weighted by molar-refractivity contribution is -0.125. The molecule has 0 saturated heterocycles. The third-order valence-corrected chi connectivity index (χ3v) is 2.26. The first-order valence-corrected chi connectivity index (χ1v) is 5.66. The Hall–Kier alpha value is -1.55. The number of benzene rings is 1. The van der Waals surface area contributed by atoms with E-state index in [-0.39, 0.29) is 5.91 Å². The quantitative estimate of drug-likeness (QED) is 0.756. The van der Waals surface area contributed by atoms with Gasteiger partial charge >= 0.3 is 0 Å². The SMILES string of the molecule is Cc1ccc(OCCNC(=O)C(C)(C)N)cc1. The van der Waals surface area contributed by atoms with Crippen LogP contribution in [0, 0.1) is 6.92 Å². The number of ether oxygens (including phenoxy) is 1. The molecule has 0 fully saturated rings. The molecule has 0 aliphatic heterocycles. The molecule has 0 aromatic heterocycles. The largest absolute Gasteiger partial charge is 0.492 e. The van der Waals surface area contributed by atoms with Crippen molar-refractivity contribution in [3.05, 3.63) is 29.8 Å². The van der Waals surface area contributed by atoms with Crippen molar-refractivity contribution in [3.63, 3.8) is 0 Å². The van der Waals surface area contributed by atoms with Crippen LogP contribution in [0.2, 0.25) is 0 Å². The second kappa shape index (κ2) is 5.68. The van der Waals surface area contributed by atoms with Gasteiger partial charge in [-0.15, -0.1) is 0 Å². The molecule has 0 aliphatic rings. The Morgan fingerprint density at radius 1 is 1.35 bits per heavy atom. The zero-order valence-electron chi connectivity index (χ0n) is 10.6. The van der Waals surface area contributed by atoms with E-state index >= 15 is 0 Å². The fourth-order valence-corrected chi connectivity index (χ4v) is 1.20. The molecule has 0 unspecified atom stereocenters. The maximum atomic E-state index is 11.4. The van der Waals surface area contributed by atoms with Gasteiger partial charge in [0.05, 0.1) is 12.1 Å². The molecule has 0 spiro atoms. The molecule has 17 heavy (non-hydrogen) atoms. The van der Waals surface area contributed by atoms with Crippen molar-refractivity contribution in [1.82, 2.24) is 5.32 Å². The van der Waals surface area contributed by atoms with Crippen LogP contribution in [-0.4, -0.2) is 24.6 Å². The first-order valence-electron chi connectivity index (χ1n) is 5.66. The van der Waals surface area contributed by atoms with Gasteiger partial charge in [0, 0.05) is 0 Å². The number of nitrogens with one attached hydrogen (secondary N) is 1. The molecule has 0 radical (unpaired) electrons. The highest BCUT2D eigenvalue weighted by Crippen LogP contribution is 2.10. The Bertz CT molecular complexity index is 366. The van der Waals surface area contributed by atoms with Crippen molar-refractivity contribution >= 4 is 5.91 Å². The van der Waals surface area contributed by atoms with E-state index in [1.165, 1.54) is 5.56 Å². The Labute approximate surface area is 102 Å². The molecule has 1 amide bonds. The van der Waals surface area contributed by atoms with E-state index in [0.717, 1.165) is 5.75 Å². The fourth-order valence-electron chi connectivity index (χ4n) is 1.20. The molecule has 3 N–H and O–H groups in total. The summed E-state index contributed by atoms with van der Waals surface area (Å²) in [5, 5.41) is 2.72. The molecule has 0 atom stereocenters. The standard InChI is InChI=1S/C13H20N2O2/c1-10-4-6-11(7-5-10)17-9-8-15-12(16)13(2,3)14/h4-7H,8-9,14H2,1-3H3,(H,15,16). The zero-order chi connectivity index (χ0) is 12.9. The van der Waals surface area contributed by atoms with Gasteiger partial charge in [-0.1, -0.05) is 17.7 Å². The van der Waals surface area contributed by atoms with E-state index < -0.39 is 5.54 Å². The predicted octanol–water partition coefficient (Wildman–Crippen LogP) is 1.23. The highest BCUT2D eigenvalue weighted by atomic mass is 16.5. The highest BCUT2D eigenvalue weighted by molar-refractivity contribution is 5.84. The van der Waals surface area contributed by atoms with Crippen molar-refractivity contribution in [2.45, 2.75) is 26.3 Å². The average molecular weight is 236 g/mol. The molecule has 94 valence electrons. The summed E-state index contributed by atoms with van der Waals surface area (Å²) in [7, 11) is 0. The lowest BCUT2D eigenvalue weighted by atomic mass is 10.1. The third kappa shape index (κ3) is 4.87.